The molecule has 1 aromatic rings. The second-order valence-electron chi connectivity index (χ2n) is 4.39. The van der Waals surface area contributed by atoms with Crippen LogP contribution >= 0.6 is 12.2 Å². The van der Waals surface area contributed by atoms with Gasteiger partial charge in [0.1, 0.15) is 11.8 Å². The van der Waals surface area contributed by atoms with Gasteiger partial charge in [0, 0.05) is 13.0 Å². The summed E-state index contributed by atoms with van der Waals surface area (Å²) in [5.41, 5.74) is 0.405. The molecule has 0 aromatic heterocycles. The van der Waals surface area contributed by atoms with Gasteiger partial charge in [0.2, 0.25) is 5.91 Å². The van der Waals surface area contributed by atoms with Crippen molar-refractivity contribution in [1.82, 2.24) is 5.32 Å². The van der Waals surface area contributed by atoms with Crippen LogP contribution in [0.15, 0.2) is 23.2 Å². The molecule has 0 radical (unpaired) electrons. The van der Waals surface area contributed by atoms with E-state index in [4.69, 9.17) is 4.74 Å². The van der Waals surface area contributed by atoms with E-state index < -0.39 is 18.0 Å². The minimum Gasteiger partial charge on any atom is -0.442 e. The molecule has 8 heteroatoms. The van der Waals surface area contributed by atoms with E-state index in [1.165, 1.54) is 30.0 Å². The number of hydrogen-bond donors (Lipinski definition) is 1. The Morgan fingerprint density at radius 1 is 1.67 bits per heavy atom. The number of cyclic esters (lactones) is 1. The molecule has 0 spiro atoms. The number of ether oxygens (including phenoxy) is 1. The fourth-order valence-corrected chi connectivity index (χ4v) is 2.00. The molecular formula is C13H12FN3O3S. The standard InChI is InChI=1S/C13H12FN3O3S/c1-8(18)15-5-10-6-17(13(19)20-10)9-2-3-12(16-7-21)11(14)4-9/h2-4,10H,5-6H2,1H3,(H,15,18)/t10-/m0/s1. The van der Waals surface area contributed by atoms with Crippen molar-refractivity contribution in [3.63, 3.8) is 0 Å². The van der Waals surface area contributed by atoms with Crippen LogP contribution in [0.3, 0.4) is 0 Å². The first-order valence-electron chi connectivity index (χ1n) is 6.11. The van der Waals surface area contributed by atoms with E-state index in [9.17, 15) is 14.0 Å². The van der Waals surface area contributed by atoms with Crippen LogP contribution in [0.4, 0.5) is 20.6 Å². The number of thiocarbonyl (C=S) groups is 1. The highest BCUT2D eigenvalue weighted by Crippen LogP contribution is 2.26. The summed E-state index contributed by atoms with van der Waals surface area (Å²) in [4.78, 5) is 27.5. The smallest absolute Gasteiger partial charge is 0.414 e. The van der Waals surface area contributed by atoms with Crippen LogP contribution in [-0.4, -0.2) is 36.4 Å². The Morgan fingerprint density at radius 3 is 3.05 bits per heavy atom. The molecular weight excluding hydrogens is 297 g/mol. The van der Waals surface area contributed by atoms with Crippen molar-refractivity contribution in [2.24, 2.45) is 4.99 Å². The van der Waals surface area contributed by atoms with Gasteiger partial charge in [-0.2, -0.15) is 4.99 Å². The van der Waals surface area contributed by atoms with Crippen molar-refractivity contribution in [2.45, 2.75) is 13.0 Å². The van der Waals surface area contributed by atoms with Crippen LogP contribution in [0.25, 0.3) is 0 Å². The monoisotopic (exact) mass is 309 g/mol. The maximum atomic E-state index is 13.8. The number of benzene rings is 1. The molecule has 1 N–H and O–H groups in total. The van der Waals surface area contributed by atoms with Crippen LogP contribution in [0.5, 0.6) is 0 Å². The summed E-state index contributed by atoms with van der Waals surface area (Å²) >= 11 is 4.42. The number of rotatable bonds is 4. The Labute approximate surface area is 125 Å². The maximum Gasteiger partial charge on any atom is 0.414 e. The van der Waals surface area contributed by atoms with Crippen molar-refractivity contribution in [3.8, 4) is 0 Å². The molecule has 1 saturated heterocycles. The number of isothiocyanates is 1. The first-order valence-corrected chi connectivity index (χ1v) is 6.52. The van der Waals surface area contributed by atoms with Gasteiger partial charge in [0.05, 0.1) is 23.9 Å². The van der Waals surface area contributed by atoms with Crippen LogP contribution in [0, 0.1) is 5.82 Å². The van der Waals surface area contributed by atoms with E-state index in [1.54, 1.807) is 0 Å². The van der Waals surface area contributed by atoms with Gasteiger partial charge in [0.15, 0.2) is 5.82 Å². The van der Waals surface area contributed by atoms with Crippen molar-refractivity contribution in [3.05, 3.63) is 24.0 Å². The largest absolute Gasteiger partial charge is 0.442 e. The molecule has 0 aliphatic carbocycles. The lowest BCUT2D eigenvalue weighted by molar-refractivity contribution is -0.119. The van der Waals surface area contributed by atoms with Gasteiger partial charge in [-0.1, -0.05) is 0 Å². The molecule has 110 valence electrons. The van der Waals surface area contributed by atoms with Crippen molar-refractivity contribution < 1.29 is 18.7 Å². The number of halogens is 1. The second-order valence-corrected chi connectivity index (χ2v) is 4.57. The maximum absolute atomic E-state index is 13.8. The van der Waals surface area contributed by atoms with E-state index in [0.29, 0.717) is 5.69 Å². The summed E-state index contributed by atoms with van der Waals surface area (Å²) in [7, 11) is 0. The van der Waals surface area contributed by atoms with Crippen LogP contribution in [0.1, 0.15) is 6.92 Å². The average Bonchev–Trinajstić information content (AvgIpc) is 2.80. The van der Waals surface area contributed by atoms with Gasteiger partial charge < -0.3 is 10.1 Å². The minimum absolute atomic E-state index is 0.0520. The summed E-state index contributed by atoms with van der Waals surface area (Å²) in [5, 5.41) is 4.65. The van der Waals surface area contributed by atoms with Crippen molar-refractivity contribution in [1.29, 1.82) is 0 Å². The molecule has 1 atom stereocenters. The Bertz CT molecular complexity index is 631. The first kappa shape index (κ1) is 15.1. The highest BCUT2D eigenvalue weighted by molar-refractivity contribution is 7.78. The van der Waals surface area contributed by atoms with Gasteiger partial charge >= 0.3 is 6.09 Å². The Hall–Kier alpha value is -2.31. The lowest BCUT2D eigenvalue weighted by Gasteiger charge is -2.13. The van der Waals surface area contributed by atoms with Gasteiger partial charge in [-0.15, -0.1) is 0 Å². The fourth-order valence-electron chi connectivity index (χ4n) is 1.90. The fraction of sp³-hybridized carbons (Fsp3) is 0.308. The number of anilines is 1. The zero-order valence-corrected chi connectivity index (χ0v) is 11.9. The summed E-state index contributed by atoms with van der Waals surface area (Å²) in [6.07, 6.45) is -1.06. The van der Waals surface area contributed by atoms with Crippen molar-refractivity contribution in [2.75, 3.05) is 18.0 Å². The average molecular weight is 309 g/mol. The topological polar surface area (TPSA) is 71.0 Å². The van der Waals surface area contributed by atoms with Crippen LogP contribution in [0.2, 0.25) is 0 Å². The third-order valence-electron chi connectivity index (χ3n) is 2.86. The zero-order valence-electron chi connectivity index (χ0n) is 11.1. The third kappa shape index (κ3) is 3.62. The van der Waals surface area contributed by atoms with Gasteiger partial charge in [-0.3, -0.25) is 9.69 Å². The third-order valence-corrected chi connectivity index (χ3v) is 2.95. The van der Waals surface area contributed by atoms with E-state index in [2.05, 4.69) is 27.7 Å². The number of aliphatic imine (C=N–C) groups is 1. The van der Waals surface area contributed by atoms with Crippen LogP contribution in [-0.2, 0) is 9.53 Å². The SMILES string of the molecule is CC(=O)NC[C@H]1CN(c2ccc(N=C=S)c(F)c2)C(=O)O1. The molecule has 1 aromatic carbocycles. The summed E-state index contributed by atoms with van der Waals surface area (Å²) in [6, 6.07) is 4.11. The molecule has 0 bridgehead atoms. The predicted molar refractivity (Wildman–Crippen MR) is 77.4 cm³/mol. The van der Waals surface area contributed by atoms with E-state index in [1.807, 2.05) is 0 Å². The molecule has 21 heavy (non-hydrogen) atoms. The molecule has 2 rings (SSSR count). The van der Waals surface area contributed by atoms with Gasteiger partial charge in [0.25, 0.3) is 0 Å². The second kappa shape index (κ2) is 6.43. The molecule has 1 fully saturated rings. The highest BCUT2D eigenvalue weighted by Gasteiger charge is 2.32. The molecule has 2 amide bonds. The number of carbonyl (C=O) groups excluding carboxylic acids is 2. The van der Waals surface area contributed by atoms with Gasteiger partial charge in [-0.05, 0) is 24.4 Å². The molecule has 1 aliphatic heterocycles. The molecule has 1 heterocycles. The van der Waals surface area contributed by atoms with Crippen LogP contribution < -0.4 is 10.2 Å². The molecule has 1 aliphatic rings. The molecule has 0 unspecified atom stereocenters. The minimum atomic E-state index is -0.608. The number of hydrogen-bond acceptors (Lipinski definition) is 5. The Balaban J connectivity index is 2.11. The quantitative estimate of drug-likeness (QED) is 0.682. The lowest BCUT2D eigenvalue weighted by Crippen LogP contribution is -2.33. The predicted octanol–water partition coefficient (Wildman–Crippen LogP) is 2.02. The zero-order chi connectivity index (χ0) is 15.4. The number of amides is 2. The molecule has 0 saturated carbocycles. The number of carbonyl (C=O) groups is 2. The van der Waals surface area contributed by atoms with E-state index >= 15 is 0 Å². The Morgan fingerprint density at radius 2 is 2.43 bits per heavy atom. The summed E-state index contributed by atoms with van der Waals surface area (Å²) in [5.74, 6) is -0.819. The number of nitrogens with zero attached hydrogens (tertiary/aromatic N) is 2. The van der Waals surface area contributed by atoms with Gasteiger partial charge in [-0.25, -0.2) is 9.18 Å². The summed E-state index contributed by atoms with van der Waals surface area (Å²) in [6.45, 7) is 1.82. The first-order chi connectivity index (χ1) is 10.0. The highest BCUT2D eigenvalue weighted by atomic mass is 32.1. The Kier molecular flexibility index (Phi) is 4.62. The number of nitrogens with one attached hydrogen (secondary N) is 1. The lowest BCUT2D eigenvalue weighted by atomic mass is 10.2. The normalized spacial score (nSPS) is 17.1. The van der Waals surface area contributed by atoms with E-state index in [0.717, 1.165) is 0 Å². The summed E-state index contributed by atoms with van der Waals surface area (Å²) < 4.78 is 18.8. The van der Waals surface area contributed by atoms with E-state index in [-0.39, 0.29) is 24.7 Å². The molecule has 6 nitrogen and oxygen atoms in total. The van der Waals surface area contributed by atoms with Crippen molar-refractivity contribution >= 4 is 40.8 Å².